The lowest BCUT2D eigenvalue weighted by Crippen LogP contribution is -2.04. The molecule has 1 heterocycles. The molecule has 19 heavy (non-hydrogen) atoms. The fourth-order valence-corrected chi connectivity index (χ4v) is 1.56. The summed E-state index contributed by atoms with van der Waals surface area (Å²) in [7, 11) is 1.46. The van der Waals surface area contributed by atoms with Crippen molar-refractivity contribution in [2.75, 3.05) is 13.7 Å². The summed E-state index contributed by atoms with van der Waals surface area (Å²) in [4.78, 5) is 11.4. The number of esters is 1. The average Bonchev–Trinajstić information content (AvgIpc) is 2.88. The molecule has 100 valence electrons. The van der Waals surface area contributed by atoms with Gasteiger partial charge in [0.15, 0.2) is 23.0 Å². The minimum Gasteiger partial charge on any atom is -0.504 e. The van der Waals surface area contributed by atoms with E-state index in [1.54, 1.807) is 19.1 Å². The van der Waals surface area contributed by atoms with Crippen LogP contribution in [0.5, 0.6) is 11.5 Å². The maximum atomic E-state index is 11.4. The topological polar surface area (TPSA) is 81.8 Å². The van der Waals surface area contributed by atoms with Crippen molar-refractivity contribution in [1.29, 1.82) is 0 Å². The highest BCUT2D eigenvalue weighted by molar-refractivity contribution is 5.88. The van der Waals surface area contributed by atoms with Crippen LogP contribution in [-0.4, -0.2) is 29.9 Å². The van der Waals surface area contributed by atoms with E-state index in [1.807, 2.05) is 0 Å². The van der Waals surface area contributed by atoms with Crippen molar-refractivity contribution in [2.45, 2.75) is 6.92 Å². The number of nitrogens with zero attached hydrogens (tertiary/aromatic N) is 1. The summed E-state index contributed by atoms with van der Waals surface area (Å²) in [5.74, 6) is 0.152. The predicted octanol–water partition coefficient (Wildman–Crippen LogP) is 2.23. The lowest BCUT2D eigenvalue weighted by Gasteiger charge is -2.03. The summed E-state index contributed by atoms with van der Waals surface area (Å²) in [5, 5.41) is 13.3. The summed E-state index contributed by atoms with van der Waals surface area (Å²) in [6, 6.07) is 6.21. The number of rotatable bonds is 4. The highest BCUT2D eigenvalue weighted by Crippen LogP contribution is 2.31. The van der Waals surface area contributed by atoms with Crippen LogP contribution in [0.3, 0.4) is 0 Å². The van der Waals surface area contributed by atoms with Gasteiger partial charge < -0.3 is 19.1 Å². The van der Waals surface area contributed by atoms with Crippen LogP contribution >= 0.6 is 0 Å². The molecule has 1 aromatic carbocycles. The van der Waals surface area contributed by atoms with Crippen LogP contribution in [-0.2, 0) is 4.74 Å². The Bertz CT molecular complexity index is 590. The number of hydrogen-bond donors (Lipinski definition) is 1. The van der Waals surface area contributed by atoms with Crippen LogP contribution in [0.2, 0.25) is 0 Å². The molecule has 0 amide bonds. The first kappa shape index (κ1) is 12.9. The Morgan fingerprint density at radius 2 is 2.21 bits per heavy atom. The number of benzene rings is 1. The zero-order chi connectivity index (χ0) is 13.8. The number of aromatic nitrogens is 1. The van der Waals surface area contributed by atoms with Gasteiger partial charge in [0, 0.05) is 11.6 Å². The van der Waals surface area contributed by atoms with Gasteiger partial charge in [-0.2, -0.15) is 0 Å². The van der Waals surface area contributed by atoms with Gasteiger partial charge >= 0.3 is 5.97 Å². The van der Waals surface area contributed by atoms with E-state index in [0.717, 1.165) is 0 Å². The molecule has 6 nitrogen and oxygen atoms in total. The molecule has 0 fully saturated rings. The number of carbonyl (C=O) groups excluding carboxylic acids is 1. The third-order valence-corrected chi connectivity index (χ3v) is 2.46. The molecule has 2 rings (SSSR count). The minimum atomic E-state index is -0.546. The van der Waals surface area contributed by atoms with Gasteiger partial charge in [-0.15, -0.1) is 0 Å². The van der Waals surface area contributed by atoms with Crippen LogP contribution in [0.4, 0.5) is 0 Å². The Morgan fingerprint density at radius 3 is 2.84 bits per heavy atom. The van der Waals surface area contributed by atoms with Gasteiger partial charge in [0.2, 0.25) is 0 Å². The number of ether oxygens (including phenoxy) is 2. The molecule has 1 N–H and O–H groups in total. The van der Waals surface area contributed by atoms with Crippen LogP contribution in [0.25, 0.3) is 11.3 Å². The van der Waals surface area contributed by atoms with Gasteiger partial charge in [-0.05, 0) is 25.1 Å². The molecule has 0 saturated carbocycles. The third-order valence-electron chi connectivity index (χ3n) is 2.46. The van der Waals surface area contributed by atoms with Crippen LogP contribution in [0.15, 0.2) is 28.8 Å². The first-order chi connectivity index (χ1) is 9.15. The molecule has 0 bridgehead atoms. The van der Waals surface area contributed by atoms with E-state index >= 15 is 0 Å². The Labute approximate surface area is 109 Å². The van der Waals surface area contributed by atoms with E-state index in [-0.39, 0.29) is 18.1 Å². The van der Waals surface area contributed by atoms with E-state index in [1.165, 1.54) is 19.2 Å². The smallest absolute Gasteiger partial charge is 0.360 e. The first-order valence-electron chi connectivity index (χ1n) is 5.67. The molecule has 0 aliphatic carbocycles. The van der Waals surface area contributed by atoms with E-state index < -0.39 is 5.97 Å². The number of hydrogen-bond acceptors (Lipinski definition) is 6. The minimum absolute atomic E-state index is 0.0194. The normalized spacial score (nSPS) is 10.2. The number of phenols is 1. The summed E-state index contributed by atoms with van der Waals surface area (Å²) < 4.78 is 14.8. The van der Waals surface area contributed by atoms with Gasteiger partial charge in [-0.1, -0.05) is 5.16 Å². The summed E-state index contributed by atoms with van der Waals surface area (Å²) >= 11 is 0. The fraction of sp³-hybridized carbons (Fsp3) is 0.231. The van der Waals surface area contributed by atoms with Crippen molar-refractivity contribution in [3.8, 4) is 22.8 Å². The van der Waals surface area contributed by atoms with Gasteiger partial charge in [-0.25, -0.2) is 4.79 Å². The molecule has 1 aromatic heterocycles. The largest absolute Gasteiger partial charge is 0.504 e. The second kappa shape index (κ2) is 5.43. The van der Waals surface area contributed by atoms with Gasteiger partial charge in [0.05, 0.1) is 13.7 Å². The second-order valence-electron chi connectivity index (χ2n) is 3.68. The van der Waals surface area contributed by atoms with Crippen molar-refractivity contribution in [1.82, 2.24) is 5.16 Å². The summed E-state index contributed by atoms with van der Waals surface area (Å²) in [6.07, 6.45) is 0. The monoisotopic (exact) mass is 263 g/mol. The molecule has 0 spiro atoms. The Hall–Kier alpha value is -2.50. The molecule has 6 heteroatoms. The van der Waals surface area contributed by atoms with E-state index in [9.17, 15) is 9.90 Å². The lowest BCUT2D eigenvalue weighted by atomic mass is 10.1. The van der Waals surface area contributed by atoms with Crippen molar-refractivity contribution in [2.24, 2.45) is 0 Å². The second-order valence-corrected chi connectivity index (χ2v) is 3.68. The zero-order valence-corrected chi connectivity index (χ0v) is 10.5. The Kier molecular flexibility index (Phi) is 3.70. The highest BCUT2D eigenvalue weighted by atomic mass is 16.5. The highest BCUT2D eigenvalue weighted by Gasteiger charge is 2.15. The molecule has 0 aliphatic heterocycles. The molecule has 0 atom stereocenters. The van der Waals surface area contributed by atoms with Crippen LogP contribution in [0.1, 0.15) is 17.4 Å². The number of carbonyl (C=O) groups is 1. The van der Waals surface area contributed by atoms with Crippen LogP contribution < -0.4 is 4.74 Å². The third kappa shape index (κ3) is 2.67. The van der Waals surface area contributed by atoms with Crippen molar-refractivity contribution < 1.29 is 23.9 Å². The molecule has 2 aromatic rings. The number of aromatic hydroxyl groups is 1. The Morgan fingerprint density at radius 1 is 1.42 bits per heavy atom. The van der Waals surface area contributed by atoms with E-state index in [4.69, 9.17) is 14.0 Å². The molecular formula is C13H13NO5. The SMILES string of the molecule is CCOC(=O)c1cc(-c2ccc(OC)c(O)c2)on1. The first-order valence-corrected chi connectivity index (χ1v) is 5.67. The lowest BCUT2D eigenvalue weighted by molar-refractivity contribution is 0.0514. The zero-order valence-electron chi connectivity index (χ0n) is 10.5. The number of phenolic OH excluding ortho intramolecular Hbond substituents is 1. The predicted molar refractivity (Wildman–Crippen MR) is 66.1 cm³/mol. The quantitative estimate of drug-likeness (QED) is 0.852. The van der Waals surface area contributed by atoms with Crippen molar-refractivity contribution in [3.63, 3.8) is 0 Å². The maximum absolute atomic E-state index is 11.4. The van der Waals surface area contributed by atoms with Gasteiger partial charge in [0.25, 0.3) is 0 Å². The van der Waals surface area contributed by atoms with Crippen molar-refractivity contribution >= 4 is 5.97 Å². The summed E-state index contributed by atoms with van der Waals surface area (Å²) in [6.45, 7) is 1.98. The van der Waals surface area contributed by atoms with Crippen molar-refractivity contribution in [3.05, 3.63) is 30.0 Å². The van der Waals surface area contributed by atoms with E-state index in [0.29, 0.717) is 17.1 Å². The number of methoxy groups -OCH3 is 1. The van der Waals surface area contributed by atoms with Gasteiger partial charge in [0.1, 0.15) is 0 Å². The Balaban J connectivity index is 2.27. The average molecular weight is 263 g/mol. The molecule has 0 radical (unpaired) electrons. The maximum Gasteiger partial charge on any atom is 0.360 e. The fourth-order valence-electron chi connectivity index (χ4n) is 1.56. The standard InChI is InChI=1S/C13H13NO5/c1-3-18-13(16)9-7-12(19-14-9)8-4-5-11(17-2)10(15)6-8/h4-7,15H,3H2,1-2H3. The van der Waals surface area contributed by atoms with E-state index in [2.05, 4.69) is 5.16 Å². The van der Waals surface area contributed by atoms with Crippen LogP contribution in [0, 0.1) is 0 Å². The molecule has 0 unspecified atom stereocenters. The molecular weight excluding hydrogens is 250 g/mol. The summed E-state index contributed by atoms with van der Waals surface area (Å²) in [5.41, 5.74) is 0.675. The molecule has 0 saturated heterocycles. The molecule has 0 aliphatic rings. The van der Waals surface area contributed by atoms with Gasteiger partial charge in [-0.3, -0.25) is 0 Å².